The van der Waals surface area contributed by atoms with Gasteiger partial charge in [-0.15, -0.1) is 0 Å². The molecule has 0 radical (unpaired) electrons. The van der Waals surface area contributed by atoms with Gasteiger partial charge in [0.25, 0.3) is 0 Å². The van der Waals surface area contributed by atoms with E-state index in [2.05, 4.69) is 0 Å². The highest BCUT2D eigenvalue weighted by molar-refractivity contribution is 5.50. The lowest BCUT2D eigenvalue weighted by molar-refractivity contribution is 0.0679. The Morgan fingerprint density at radius 3 is 2.57 bits per heavy atom. The summed E-state index contributed by atoms with van der Waals surface area (Å²) >= 11 is 0. The molecule has 3 atom stereocenters. The molecule has 0 aromatic heterocycles. The molecule has 0 saturated carbocycles. The van der Waals surface area contributed by atoms with E-state index in [9.17, 15) is 10.2 Å². The van der Waals surface area contributed by atoms with Crippen molar-refractivity contribution < 1.29 is 14.9 Å². The Hall–Kier alpha value is -1.26. The Balaban J connectivity index is 2.18. The van der Waals surface area contributed by atoms with Gasteiger partial charge in [-0.25, -0.2) is 0 Å². The molecule has 0 aliphatic carbocycles. The maximum atomic E-state index is 9.35. The Bertz CT molecular complexity index is 405. The first kappa shape index (κ1) is 8.08. The predicted molar refractivity (Wildman–Crippen MR) is 48.9 cm³/mol. The highest BCUT2D eigenvalue weighted by Gasteiger charge is 2.43. The quantitative estimate of drug-likeness (QED) is 0.536. The van der Waals surface area contributed by atoms with Gasteiger partial charge < -0.3 is 20.7 Å². The molecule has 2 bridgehead atoms. The maximum absolute atomic E-state index is 9.35. The molecule has 1 aromatic rings. The van der Waals surface area contributed by atoms with Crippen molar-refractivity contribution in [2.24, 2.45) is 5.73 Å². The lowest BCUT2D eigenvalue weighted by Crippen LogP contribution is -2.25. The number of aromatic hydroxyl groups is 2. The summed E-state index contributed by atoms with van der Waals surface area (Å²) in [5.74, 6) is -0.194. The van der Waals surface area contributed by atoms with Gasteiger partial charge in [0.05, 0.1) is 12.2 Å². The third kappa shape index (κ3) is 0.844. The highest BCUT2D eigenvalue weighted by atomic mass is 16.5. The van der Waals surface area contributed by atoms with Crippen LogP contribution in [-0.2, 0) is 4.74 Å². The molecule has 14 heavy (non-hydrogen) atoms. The smallest absolute Gasteiger partial charge is 0.157 e. The minimum Gasteiger partial charge on any atom is -0.504 e. The zero-order chi connectivity index (χ0) is 9.87. The lowest BCUT2D eigenvalue weighted by atomic mass is 9.88. The van der Waals surface area contributed by atoms with E-state index >= 15 is 0 Å². The van der Waals surface area contributed by atoms with Crippen molar-refractivity contribution in [3.8, 4) is 11.5 Å². The molecular weight excluding hydrogens is 182 g/mol. The highest BCUT2D eigenvalue weighted by Crippen LogP contribution is 2.52. The van der Waals surface area contributed by atoms with Crippen LogP contribution < -0.4 is 5.73 Å². The third-order valence-corrected chi connectivity index (χ3v) is 3.02. The topological polar surface area (TPSA) is 75.7 Å². The molecular formula is C10H11NO3. The molecule has 2 aliphatic rings. The zero-order valence-electron chi connectivity index (χ0n) is 7.47. The molecule has 74 valence electrons. The van der Waals surface area contributed by atoms with Crippen LogP contribution in [-0.4, -0.2) is 16.3 Å². The summed E-state index contributed by atoms with van der Waals surface area (Å²) in [6.07, 6.45) is 0.681. The molecule has 3 rings (SSSR count). The number of hydrogen-bond donors (Lipinski definition) is 3. The van der Waals surface area contributed by atoms with Gasteiger partial charge in [0.2, 0.25) is 0 Å². The molecule has 1 fully saturated rings. The minimum atomic E-state index is -0.110. The molecule has 2 aliphatic heterocycles. The van der Waals surface area contributed by atoms with Gasteiger partial charge in [0.1, 0.15) is 0 Å². The van der Waals surface area contributed by atoms with Gasteiger partial charge in [0, 0.05) is 6.04 Å². The molecule has 4 N–H and O–H groups in total. The summed E-state index contributed by atoms with van der Waals surface area (Å²) in [4.78, 5) is 0. The second kappa shape index (κ2) is 2.40. The zero-order valence-corrected chi connectivity index (χ0v) is 7.47. The van der Waals surface area contributed by atoms with Crippen molar-refractivity contribution in [1.29, 1.82) is 0 Å². The van der Waals surface area contributed by atoms with Crippen molar-refractivity contribution in [2.75, 3.05) is 0 Å². The van der Waals surface area contributed by atoms with Gasteiger partial charge in [-0.2, -0.15) is 0 Å². The van der Waals surface area contributed by atoms with Crippen LogP contribution in [0.5, 0.6) is 11.5 Å². The summed E-state index contributed by atoms with van der Waals surface area (Å²) in [5.41, 5.74) is 7.74. The van der Waals surface area contributed by atoms with E-state index < -0.39 is 0 Å². The number of benzene rings is 1. The predicted octanol–water partition coefficient (Wildman–Crippen LogP) is 0.941. The Kier molecular flexibility index (Phi) is 1.39. The number of nitrogens with two attached hydrogens (primary N) is 1. The normalized spacial score (nSPS) is 33.4. The van der Waals surface area contributed by atoms with Crippen molar-refractivity contribution >= 4 is 0 Å². The van der Waals surface area contributed by atoms with E-state index in [1.807, 2.05) is 0 Å². The average Bonchev–Trinajstić information content (AvgIpc) is 2.64. The molecule has 2 heterocycles. The van der Waals surface area contributed by atoms with Gasteiger partial charge >= 0.3 is 0 Å². The second-order valence-electron chi connectivity index (χ2n) is 3.91. The van der Waals surface area contributed by atoms with Gasteiger partial charge in [-0.05, 0) is 29.7 Å². The molecule has 3 unspecified atom stereocenters. The van der Waals surface area contributed by atoms with Crippen LogP contribution >= 0.6 is 0 Å². The van der Waals surface area contributed by atoms with Gasteiger partial charge in [-0.3, -0.25) is 0 Å². The maximum Gasteiger partial charge on any atom is 0.157 e. The van der Waals surface area contributed by atoms with Crippen molar-refractivity contribution in [2.45, 2.75) is 24.7 Å². The van der Waals surface area contributed by atoms with Crippen LogP contribution in [0.4, 0.5) is 0 Å². The van der Waals surface area contributed by atoms with Crippen LogP contribution in [0.15, 0.2) is 12.1 Å². The first-order valence-electron chi connectivity index (χ1n) is 4.63. The molecule has 1 aromatic carbocycles. The van der Waals surface area contributed by atoms with Crippen LogP contribution in [0.2, 0.25) is 0 Å². The van der Waals surface area contributed by atoms with Crippen LogP contribution in [0.1, 0.15) is 29.8 Å². The molecule has 0 amide bonds. The van der Waals surface area contributed by atoms with Crippen molar-refractivity contribution in [3.63, 3.8) is 0 Å². The second-order valence-corrected chi connectivity index (χ2v) is 3.91. The fourth-order valence-corrected chi connectivity index (χ4v) is 2.34. The molecule has 1 saturated heterocycles. The molecule has 4 heteroatoms. The SMILES string of the molecule is NC1CC2OC1c1cc(O)c(O)cc12. The van der Waals surface area contributed by atoms with Crippen molar-refractivity contribution in [3.05, 3.63) is 23.3 Å². The first-order valence-corrected chi connectivity index (χ1v) is 4.63. The standard InChI is InChI=1S/C10H11NO3/c11-6-3-9-4-1-7(12)8(13)2-5(4)10(6)14-9/h1-2,6,9-10,12-13H,3,11H2. The summed E-state index contributed by atoms with van der Waals surface area (Å²) in [7, 11) is 0. The van der Waals surface area contributed by atoms with Gasteiger partial charge in [0.15, 0.2) is 11.5 Å². The fourth-order valence-electron chi connectivity index (χ4n) is 2.34. The van der Waals surface area contributed by atoms with Crippen LogP contribution in [0, 0.1) is 0 Å². The Morgan fingerprint density at radius 2 is 1.86 bits per heavy atom. The number of phenolic OH excluding ortho intramolecular Hbond substituents is 2. The number of fused-ring (bicyclic) bond motifs is 5. The fraction of sp³-hybridized carbons (Fsp3) is 0.400. The van der Waals surface area contributed by atoms with E-state index in [0.717, 1.165) is 17.5 Å². The molecule has 4 nitrogen and oxygen atoms in total. The van der Waals surface area contributed by atoms with E-state index in [1.54, 1.807) is 12.1 Å². The summed E-state index contributed by atoms with van der Waals surface area (Å²) in [6.45, 7) is 0. The van der Waals surface area contributed by atoms with E-state index in [1.165, 1.54) is 0 Å². The van der Waals surface area contributed by atoms with E-state index in [4.69, 9.17) is 10.5 Å². The first-order chi connectivity index (χ1) is 6.66. The summed E-state index contributed by atoms with van der Waals surface area (Å²) in [5, 5.41) is 18.7. The third-order valence-electron chi connectivity index (χ3n) is 3.02. The monoisotopic (exact) mass is 193 g/mol. The van der Waals surface area contributed by atoms with E-state index in [-0.39, 0.29) is 29.7 Å². The van der Waals surface area contributed by atoms with Crippen LogP contribution in [0.25, 0.3) is 0 Å². The number of ether oxygens (including phenoxy) is 1. The number of rotatable bonds is 0. The van der Waals surface area contributed by atoms with Gasteiger partial charge in [-0.1, -0.05) is 0 Å². The minimum absolute atomic E-state index is 0.00324. The average molecular weight is 193 g/mol. The number of hydrogen-bond acceptors (Lipinski definition) is 4. The largest absolute Gasteiger partial charge is 0.504 e. The van der Waals surface area contributed by atoms with E-state index in [0.29, 0.717) is 0 Å². The Morgan fingerprint density at radius 1 is 1.21 bits per heavy atom. The number of phenols is 2. The Labute approximate surface area is 80.9 Å². The van der Waals surface area contributed by atoms with Crippen LogP contribution in [0.3, 0.4) is 0 Å². The molecule has 0 spiro atoms. The summed E-state index contributed by atoms with van der Waals surface area (Å²) in [6, 6.07) is 3.13. The summed E-state index contributed by atoms with van der Waals surface area (Å²) < 4.78 is 5.62. The lowest BCUT2D eigenvalue weighted by Gasteiger charge is -2.17. The van der Waals surface area contributed by atoms with Crippen molar-refractivity contribution in [1.82, 2.24) is 0 Å².